The van der Waals surface area contributed by atoms with Crippen LogP contribution in [0.15, 0.2) is 40.8 Å². The second kappa shape index (κ2) is 8.26. The minimum atomic E-state index is -1.11. The minimum absolute atomic E-state index is 0.0185. The Kier molecular flexibility index (Phi) is 6.08. The number of methoxy groups -OCH3 is 1. The standard InChI is InChI=1S/C17H18FNO5/c1-23-10-13-6-7-15(24-13)16(20)19-9-12(17(21)22)8-11-4-2-3-5-14(11)18/h2-7,12H,8-10H2,1H3,(H,19,20)(H,21,22)/t12-/m1/s1. The van der Waals surface area contributed by atoms with Crippen LogP contribution in [0.2, 0.25) is 0 Å². The number of amides is 1. The Hall–Kier alpha value is -2.67. The Morgan fingerprint density at radius 2 is 2.04 bits per heavy atom. The van der Waals surface area contributed by atoms with E-state index in [1.165, 1.54) is 31.4 Å². The largest absolute Gasteiger partial charge is 0.481 e. The highest BCUT2D eigenvalue weighted by atomic mass is 19.1. The van der Waals surface area contributed by atoms with E-state index >= 15 is 0 Å². The van der Waals surface area contributed by atoms with Gasteiger partial charge in [-0.1, -0.05) is 18.2 Å². The summed E-state index contributed by atoms with van der Waals surface area (Å²) in [7, 11) is 1.50. The number of carboxylic acid groups (broad SMARTS) is 1. The van der Waals surface area contributed by atoms with Gasteiger partial charge in [0.15, 0.2) is 5.76 Å². The van der Waals surface area contributed by atoms with Crippen molar-refractivity contribution in [2.75, 3.05) is 13.7 Å². The predicted octanol–water partition coefficient (Wildman–Crippen LogP) is 2.24. The molecule has 0 aliphatic carbocycles. The maximum absolute atomic E-state index is 13.6. The summed E-state index contributed by atoms with van der Waals surface area (Å²) in [5.41, 5.74) is 0.291. The van der Waals surface area contributed by atoms with Crippen LogP contribution < -0.4 is 5.32 Å². The van der Waals surface area contributed by atoms with Crippen molar-refractivity contribution >= 4 is 11.9 Å². The summed E-state index contributed by atoms with van der Waals surface area (Å²) in [6.45, 7) is 0.0983. The number of carbonyl (C=O) groups excluding carboxylic acids is 1. The Morgan fingerprint density at radius 1 is 1.29 bits per heavy atom. The second-order valence-electron chi connectivity index (χ2n) is 5.24. The molecule has 1 amide bonds. The number of carbonyl (C=O) groups is 2. The van der Waals surface area contributed by atoms with Crippen molar-refractivity contribution in [3.05, 3.63) is 59.3 Å². The van der Waals surface area contributed by atoms with Gasteiger partial charge in [-0.15, -0.1) is 0 Å². The van der Waals surface area contributed by atoms with Crippen LogP contribution in [0.5, 0.6) is 0 Å². The normalized spacial score (nSPS) is 11.9. The quantitative estimate of drug-likeness (QED) is 0.772. The van der Waals surface area contributed by atoms with Gasteiger partial charge in [0.2, 0.25) is 0 Å². The van der Waals surface area contributed by atoms with Gasteiger partial charge in [0.05, 0.1) is 5.92 Å². The van der Waals surface area contributed by atoms with Gasteiger partial charge in [-0.05, 0) is 30.2 Å². The number of furan rings is 1. The SMILES string of the molecule is COCc1ccc(C(=O)NC[C@@H](Cc2ccccc2F)C(=O)O)o1. The molecule has 0 fully saturated rings. The Morgan fingerprint density at radius 3 is 2.71 bits per heavy atom. The highest BCUT2D eigenvalue weighted by molar-refractivity contribution is 5.91. The number of halogens is 1. The van der Waals surface area contributed by atoms with Gasteiger partial charge >= 0.3 is 5.97 Å². The van der Waals surface area contributed by atoms with Crippen molar-refractivity contribution < 1.29 is 28.2 Å². The highest BCUT2D eigenvalue weighted by Crippen LogP contribution is 2.14. The average Bonchev–Trinajstić information content (AvgIpc) is 3.01. The van der Waals surface area contributed by atoms with Gasteiger partial charge in [0, 0.05) is 13.7 Å². The fraction of sp³-hybridized carbons (Fsp3) is 0.294. The van der Waals surface area contributed by atoms with Crippen LogP contribution in [-0.2, 0) is 22.6 Å². The number of rotatable bonds is 8. The molecular formula is C17H18FNO5. The molecule has 24 heavy (non-hydrogen) atoms. The molecule has 128 valence electrons. The van der Waals surface area contributed by atoms with Gasteiger partial charge in [-0.3, -0.25) is 9.59 Å². The molecule has 0 spiro atoms. The van der Waals surface area contributed by atoms with Crippen LogP contribution in [0.25, 0.3) is 0 Å². The molecule has 0 saturated heterocycles. The summed E-state index contributed by atoms with van der Waals surface area (Å²) in [6.07, 6.45) is -0.0185. The molecule has 1 atom stereocenters. The van der Waals surface area contributed by atoms with Crippen molar-refractivity contribution in [1.82, 2.24) is 5.32 Å². The first-order chi connectivity index (χ1) is 11.5. The molecule has 7 heteroatoms. The molecule has 1 aromatic heterocycles. The number of hydrogen-bond acceptors (Lipinski definition) is 4. The smallest absolute Gasteiger partial charge is 0.308 e. The minimum Gasteiger partial charge on any atom is -0.481 e. The van der Waals surface area contributed by atoms with Crippen LogP contribution in [0.4, 0.5) is 4.39 Å². The van der Waals surface area contributed by atoms with E-state index in [1.54, 1.807) is 12.1 Å². The van der Waals surface area contributed by atoms with E-state index in [-0.39, 0.29) is 25.3 Å². The number of nitrogens with one attached hydrogen (secondary N) is 1. The monoisotopic (exact) mass is 335 g/mol. The van der Waals surface area contributed by atoms with E-state index in [9.17, 15) is 19.1 Å². The van der Waals surface area contributed by atoms with Gasteiger partial charge in [-0.25, -0.2) is 4.39 Å². The Bertz CT molecular complexity index is 713. The fourth-order valence-electron chi connectivity index (χ4n) is 2.20. The summed E-state index contributed by atoms with van der Waals surface area (Å²) in [6, 6.07) is 9.05. The van der Waals surface area contributed by atoms with Crippen molar-refractivity contribution in [3.8, 4) is 0 Å². The van der Waals surface area contributed by atoms with Crippen molar-refractivity contribution in [3.63, 3.8) is 0 Å². The molecule has 2 N–H and O–H groups in total. The average molecular weight is 335 g/mol. The topological polar surface area (TPSA) is 88.8 Å². The molecule has 0 radical (unpaired) electrons. The molecule has 2 aromatic rings. The van der Waals surface area contributed by atoms with Crippen molar-refractivity contribution in [2.45, 2.75) is 13.0 Å². The molecule has 0 aliphatic heterocycles. The third-order valence-corrected chi connectivity index (χ3v) is 3.45. The zero-order chi connectivity index (χ0) is 17.5. The van der Waals surface area contributed by atoms with E-state index in [4.69, 9.17) is 9.15 Å². The fourth-order valence-corrected chi connectivity index (χ4v) is 2.20. The van der Waals surface area contributed by atoms with E-state index < -0.39 is 23.6 Å². The number of carboxylic acids is 1. The molecule has 0 unspecified atom stereocenters. The lowest BCUT2D eigenvalue weighted by Crippen LogP contribution is -2.34. The first-order valence-electron chi connectivity index (χ1n) is 7.33. The molecule has 0 bridgehead atoms. The number of aliphatic carboxylic acids is 1. The lowest BCUT2D eigenvalue weighted by Gasteiger charge is -2.13. The summed E-state index contributed by atoms with van der Waals surface area (Å²) in [4.78, 5) is 23.3. The second-order valence-corrected chi connectivity index (χ2v) is 5.24. The summed E-state index contributed by atoms with van der Waals surface area (Å²) >= 11 is 0. The number of ether oxygens (including phenoxy) is 1. The maximum Gasteiger partial charge on any atom is 0.308 e. The van der Waals surface area contributed by atoms with E-state index in [2.05, 4.69) is 5.32 Å². The van der Waals surface area contributed by atoms with Crippen LogP contribution in [0.3, 0.4) is 0 Å². The molecule has 0 saturated carbocycles. The van der Waals surface area contributed by atoms with Gasteiger partial charge in [-0.2, -0.15) is 0 Å². The lowest BCUT2D eigenvalue weighted by atomic mass is 9.99. The van der Waals surface area contributed by atoms with Gasteiger partial charge in [0.25, 0.3) is 5.91 Å². The molecular weight excluding hydrogens is 317 g/mol. The zero-order valence-corrected chi connectivity index (χ0v) is 13.1. The molecule has 2 rings (SSSR count). The van der Waals surface area contributed by atoms with E-state index in [1.807, 2.05) is 0 Å². The zero-order valence-electron chi connectivity index (χ0n) is 13.1. The summed E-state index contributed by atoms with van der Waals surface area (Å²) < 4.78 is 23.8. The van der Waals surface area contributed by atoms with Gasteiger partial charge < -0.3 is 19.6 Å². The first kappa shape index (κ1) is 17.7. The number of benzene rings is 1. The van der Waals surface area contributed by atoms with Crippen LogP contribution in [0, 0.1) is 11.7 Å². The third kappa shape index (κ3) is 4.66. The van der Waals surface area contributed by atoms with E-state index in [0.717, 1.165) is 0 Å². The Balaban J connectivity index is 1.96. The van der Waals surface area contributed by atoms with Crippen LogP contribution >= 0.6 is 0 Å². The van der Waals surface area contributed by atoms with E-state index in [0.29, 0.717) is 11.3 Å². The van der Waals surface area contributed by atoms with Crippen LogP contribution in [-0.4, -0.2) is 30.6 Å². The summed E-state index contributed by atoms with van der Waals surface area (Å²) in [5, 5.41) is 11.8. The predicted molar refractivity (Wildman–Crippen MR) is 83.0 cm³/mol. The van der Waals surface area contributed by atoms with Crippen molar-refractivity contribution in [2.24, 2.45) is 5.92 Å². The first-order valence-corrected chi connectivity index (χ1v) is 7.33. The molecule has 1 heterocycles. The summed E-state index contributed by atoms with van der Waals surface area (Å²) in [5.74, 6) is -2.50. The maximum atomic E-state index is 13.6. The highest BCUT2D eigenvalue weighted by Gasteiger charge is 2.21. The lowest BCUT2D eigenvalue weighted by molar-refractivity contribution is -0.141. The number of hydrogen-bond donors (Lipinski definition) is 2. The third-order valence-electron chi connectivity index (χ3n) is 3.45. The molecule has 6 nitrogen and oxygen atoms in total. The van der Waals surface area contributed by atoms with Crippen LogP contribution in [0.1, 0.15) is 21.9 Å². The van der Waals surface area contributed by atoms with Crippen molar-refractivity contribution in [1.29, 1.82) is 0 Å². The molecule has 1 aromatic carbocycles. The molecule has 0 aliphatic rings. The van der Waals surface area contributed by atoms with Gasteiger partial charge in [0.1, 0.15) is 18.2 Å². The Labute approximate surface area is 138 Å².